The molecule has 3 aromatic carbocycles. The highest BCUT2D eigenvalue weighted by molar-refractivity contribution is 7.91. The highest BCUT2D eigenvalue weighted by atomic mass is 32.2. The average molecular weight is 480 g/mol. The van der Waals surface area contributed by atoms with Crippen molar-refractivity contribution in [2.24, 2.45) is 0 Å². The van der Waals surface area contributed by atoms with Crippen molar-refractivity contribution in [2.45, 2.75) is 23.3 Å². The van der Waals surface area contributed by atoms with Crippen LogP contribution in [-0.4, -0.2) is 34.3 Å². The van der Waals surface area contributed by atoms with Gasteiger partial charge in [0.25, 0.3) is 0 Å². The van der Waals surface area contributed by atoms with Crippen LogP contribution in [0.4, 0.5) is 0 Å². The molecule has 0 N–H and O–H groups in total. The van der Waals surface area contributed by atoms with Crippen molar-refractivity contribution >= 4 is 20.7 Å². The lowest BCUT2D eigenvalue weighted by molar-refractivity contribution is 0.355. The second-order valence-electron chi connectivity index (χ2n) is 7.84. The van der Waals surface area contributed by atoms with E-state index in [1.165, 1.54) is 45.7 Å². The number of pyridine rings is 1. The van der Waals surface area contributed by atoms with E-state index in [1.807, 2.05) is 31.2 Å². The van der Waals surface area contributed by atoms with E-state index in [0.717, 1.165) is 11.1 Å². The van der Waals surface area contributed by atoms with E-state index in [9.17, 15) is 13.2 Å². The molecule has 0 fully saturated rings. The zero-order valence-electron chi connectivity index (χ0n) is 19.4. The number of ether oxygens (including phenoxy) is 3. The minimum absolute atomic E-state index is 0.00659. The van der Waals surface area contributed by atoms with E-state index in [1.54, 1.807) is 22.8 Å². The summed E-state index contributed by atoms with van der Waals surface area (Å²) in [5.41, 5.74) is 2.00. The fraction of sp³-hybridized carbons (Fsp3) is 0.192. The van der Waals surface area contributed by atoms with Crippen LogP contribution in [-0.2, 0) is 16.4 Å². The molecule has 0 radical (unpaired) electrons. The molecule has 0 saturated carbocycles. The topological polar surface area (TPSA) is 83.8 Å². The Morgan fingerprint density at radius 3 is 2.03 bits per heavy atom. The van der Waals surface area contributed by atoms with Gasteiger partial charge in [-0.15, -0.1) is 0 Å². The minimum Gasteiger partial charge on any atom is -0.497 e. The van der Waals surface area contributed by atoms with Gasteiger partial charge in [0.1, 0.15) is 10.6 Å². The van der Waals surface area contributed by atoms with Gasteiger partial charge in [-0.05, 0) is 42.8 Å². The predicted molar refractivity (Wildman–Crippen MR) is 130 cm³/mol. The molecule has 34 heavy (non-hydrogen) atoms. The molecular formula is C26H25NO6S. The Balaban J connectivity index is 1.98. The SMILES string of the molecule is COc1ccc(S(=O)(=O)c2cn(Cc3ccc(C)cc3)c3cc(OC)c(OC)cc3c2=O)cc1. The maximum absolute atomic E-state index is 13.5. The fourth-order valence-corrected chi connectivity index (χ4v) is 5.15. The van der Waals surface area contributed by atoms with E-state index in [2.05, 4.69) is 0 Å². The van der Waals surface area contributed by atoms with Crippen LogP contribution in [0.2, 0.25) is 0 Å². The summed E-state index contributed by atoms with van der Waals surface area (Å²) in [7, 11) is 0.368. The van der Waals surface area contributed by atoms with Gasteiger partial charge in [-0.2, -0.15) is 0 Å². The summed E-state index contributed by atoms with van der Waals surface area (Å²) in [6.07, 6.45) is 1.40. The zero-order valence-corrected chi connectivity index (χ0v) is 20.2. The second kappa shape index (κ2) is 9.23. The number of fused-ring (bicyclic) bond motifs is 1. The summed E-state index contributed by atoms with van der Waals surface area (Å²) >= 11 is 0. The van der Waals surface area contributed by atoms with Crippen molar-refractivity contribution in [3.05, 3.63) is 88.2 Å². The number of nitrogens with zero attached hydrogens (tertiary/aromatic N) is 1. The molecule has 7 nitrogen and oxygen atoms in total. The summed E-state index contributed by atoms with van der Waals surface area (Å²) in [4.78, 5) is 13.2. The molecule has 0 aliphatic heterocycles. The summed E-state index contributed by atoms with van der Waals surface area (Å²) < 4.78 is 44.7. The van der Waals surface area contributed by atoms with Gasteiger partial charge in [-0.1, -0.05) is 29.8 Å². The van der Waals surface area contributed by atoms with Gasteiger partial charge in [0, 0.05) is 18.8 Å². The Morgan fingerprint density at radius 2 is 1.44 bits per heavy atom. The van der Waals surface area contributed by atoms with Gasteiger partial charge < -0.3 is 18.8 Å². The lowest BCUT2D eigenvalue weighted by atomic mass is 10.1. The van der Waals surface area contributed by atoms with E-state index < -0.39 is 15.3 Å². The van der Waals surface area contributed by atoms with Gasteiger partial charge in [-0.25, -0.2) is 8.42 Å². The van der Waals surface area contributed by atoms with Crippen molar-refractivity contribution < 1.29 is 22.6 Å². The van der Waals surface area contributed by atoms with Crippen molar-refractivity contribution in [2.75, 3.05) is 21.3 Å². The summed E-state index contributed by atoms with van der Waals surface area (Å²) in [5, 5.41) is 0.222. The number of hydrogen-bond donors (Lipinski definition) is 0. The van der Waals surface area contributed by atoms with Crippen LogP contribution in [0.5, 0.6) is 17.2 Å². The van der Waals surface area contributed by atoms with Crippen LogP contribution in [0.15, 0.2) is 81.4 Å². The monoisotopic (exact) mass is 479 g/mol. The standard InChI is InChI=1S/C26H25NO6S/c1-17-5-7-18(8-6-17)15-27-16-25(34(29,30)20-11-9-19(31-2)10-12-20)26(28)21-13-23(32-3)24(33-4)14-22(21)27/h5-14,16H,15H2,1-4H3. The van der Waals surface area contributed by atoms with Crippen molar-refractivity contribution in [1.82, 2.24) is 4.57 Å². The molecule has 0 saturated heterocycles. The van der Waals surface area contributed by atoms with Crippen LogP contribution >= 0.6 is 0 Å². The molecular weight excluding hydrogens is 454 g/mol. The van der Waals surface area contributed by atoms with Gasteiger partial charge >= 0.3 is 0 Å². The Labute approximate surface area is 198 Å². The number of aryl methyl sites for hydroxylation is 1. The molecule has 176 valence electrons. The maximum Gasteiger partial charge on any atom is 0.211 e. The molecule has 0 aliphatic carbocycles. The third-order valence-corrected chi connectivity index (χ3v) is 7.45. The van der Waals surface area contributed by atoms with E-state index >= 15 is 0 Å². The predicted octanol–water partition coefficient (Wildman–Crippen LogP) is 4.22. The highest BCUT2D eigenvalue weighted by Gasteiger charge is 2.25. The average Bonchev–Trinajstić information content (AvgIpc) is 2.86. The smallest absolute Gasteiger partial charge is 0.211 e. The summed E-state index contributed by atoms with van der Waals surface area (Å²) in [5.74, 6) is 1.30. The molecule has 8 heteroatoms. The molecule has 1 heterocycles. The summed E-state index contributed by atoms with van der Waals surface area (Å²) in [6, 6.07) is 17.1. The summed E-state index contributed by atoms with van der Waals surface area (Å²) in [6.45, 7) is 2.35. The fourth-order valence-electron chi connectivity index (χ4n) is 3.78. The van der Waals surface area contributed by atoms with Crippen molar-refractivity contribution in [1.29, 1.82) is 0 Å². The first kappa shape index (κ1) is 23.4. The maximum atomic E-state index is 13.5. The number of hydrogen-bond acceptors (Lipinski definition) is 6. The lowest BCUT2D eigenvalue weighted by Crippen LogP contribution is -2.20. The molecule has 0 spiro atoms. The van der Waals surface area contributed by atoms with E-state index in [4.69, 9.17) is 14.2 Å². The Bertz CT molecular complexity index is 1500. The number of sulfone groups is 1. The molecule has 0 bridgehead atoms. The quantitative estimate of drug-likeness (QED) is 0.395. The first-order valence-corrected chi connectivity index (χ1v) is 12.0. The van der Waals surface area contributed by atoms with Crippen LogP contribution < -0.4 is 19.6 Å². The van der Waals surface area contributed by atoms with E-state index in [0.29, 0.717) is 29.3 Å². The van der Waals surface area contributed by atoms with Crippen LogP contribution in [0.25, 0.3) is 10.9 Å². The largest absolute Gasteiger partial charge is 0.497 e. The molecule has 0 unspecified atom stereocenters. The zero-order chi connectivity index (χ0) is 24.5. The Morgan fingerprint density at radius 1 is 0.824 bits per heavy atom. The van der Waals surface area contributed by atoms with E-state index in [-0.39, 0.29) is 15.2 Å². The number of rotatable bonds is 7. The third-order valence-electron chi connectivity index (χ3n) is 5.69. The van der Waals surface area contributed by atoms with Crippen molar-refractivity contribution in [3.63, 3.8) is 0 Å². The lowest BCUT2D eigenvalue weighted by Gasteiger charge is -2.17. The van der Waals surface area contributed by atoms with Gasteiger partial charge in [0.15, 0.2) is 11.5 Å². The number of aromatic nitrogens is 1. The molecule has 4 rings (SSSR count). The molecule has 4 aromatic rings. The minimum atomic E-state index is -4.10. The van der Waals surface area contributed by atoms with Gasteiger partial charge in [0.05, 0.1) is 37.1 Å². The van der Waals surface area contributed by atoms with Gasteiger partial charge in [-0.3, -0.25) is 4.79 Å². The third kappa shape index (κ3) is 4.24. The Kier molecular flexibility index (Phi) is 6.34. The van der Waals surface area contributed by atoms with Crippen LogP contribution in [0.1, 0.15) is 11.1 Å². The molecule has 0 aliphatic rings. The highest BCUT2D eigenvalue weighted by Crippen LogP contribution is 2.32. The van der Waals surface area contributed by atoms with Gasteiger partial charge in [0.2, 0.25) is 15.3 Å². The first-order chi connectivity index (χ1) is 16.3. The molecule has 0 amide bonds. The van der Waals surface area contributed by atoms with Crippen molar-refractivity contribution in [3.8, 4) is 17.2 Å². The molecule has 0 atom stereocenters. The number of benzene rings is 3. The first-order valence-electron chi connectivity index (χ1n) is 10.5. The molecule has 1 aromatic heterocycles. The normalized spacial score (nSPS) is 11.4. The number of methoxy groups -OCH3 is 3. The van der Waals surface area contributed by atoms with Crippen LogP contribution in [0.3, 0.4) is 0 Å². The van der Waals surface area contributed by atoms with Crippen LogP contribution in [0, 0.1) is 6.92 Å². The second-order valence-corrected chi connectivity index (χ2v) is 9.76. The Hall–Kier alpha value is -3.78.